The monoisotopic (exact) mass is 1010 g/mol. The summed E-state index contributed by atoms with van der Waals surface area (Å²) in [6.07, 6.45) is -1.14. The molecule has 4 aromatic carbocycles. The maximum absolute atomic E-state index is 15.1. The lowest BCUT2D eigenvalue weighted by molar-refractivity contribution is -0.146. The third kappa shape index (κ3) is 16.1. The number of benzene rings is 4. The predicted octanol–water partition coefficient (Wildman–Crippen LogP) is 9.22. The van der Waals surface area contributed by atoms with Gasteiger partial charge in [0.05, 0.1) is 7.11 Å². The lowest BCUT2D eigenvalue weighted by atomic mass is 9.88. The largest absolute Gasteiger partial charge is 0.514 e. The van der Waals surface area contributed by atoms with Crippen LogP contribution in [0.15, 0.2) is 84.9 Å². The number of carbonyl (C=O) groups is 7. The number of esters is 1. The number of unbranched alkanes of at least 4 members (excludes halogenated alkanes) is 1. The van der Waals surface area contributed by atoms with E-state index in [1.807, 2.05) is 24.3 Å². The molecule has 5 rings (SSSR count). The van der Waals surface area contributed by atoms with E-state index in [9.17, 15) is 28.8 Å². The Bertz CT molecular complexity index is 2590. The van der Waals surface area contributed by atoms with E-state index >= 15 is 4.79 Å². The number of ketones is 2. The van der Waals surface area contributed by atoms with Gasteiger partial charge in [-0.1, -0.05) is 73.5 Å². The fraction of sp³-hybridized carbons (Fsp3) is 0.436. The number of nitrogens with zero attached hydrogens (tertiary/aromatic N) is 1. The molecule has 0 saturated carbocycles. The number of ether oxygens (including phenoxy) is 5. The average molecular weight is 1010 g/mol. The molecule has 4 aromatic rings. The fourth-order valence-corrected chi connectivity index (χ4v) is 8.31. The van der Waals surface area contributed by atoms with Crippen LogP contribution in [0.2, 0.25) is 5.02 Å². The van der Waals surface area contributed by atoms with Crippen LogP contribution < -0.4 is 25.8 Å². The Hall–Kier alpha value is -6.78. The number of nitrogens with two attached hydrogens (primary N) is 1. The van der Waals surface area contributed by atoms with Gasteiger partial charge in [-0.15, -0.1) is 0 Å². The molecule has 0 spiro atoms. The van der Waals surface area contributed by atoms with Crippen molar-refractivity contribution in [3.05, 3.63) is 107 Å². The zero-order valence-electron chi connectivity index (χ0n) is 42.6. The van der Waals surface area contributed by atoms with Crippen molar-refractivity contribution in [3.63, 3.8) is 0 Å². The van der Waals surface area contributed by atoms with Gasteiger partial charge in [0.1, 0.15) is 41.4 Å². The third-order valence-electron chi connectivity index (χ3n) is 11.7. The van der Waals surface area contributed by atoms with Gasteiger partial charge in [0, 0.05) is 72.9 Å². The SMILES string of the molecule is COC(=O)[C@@H]1Cc2ccc(OC(=O)OC(C)(C)C)c(c2)-c2cc(ccc2OCCN)[C@H](N(C)C(=O)[C@H](CCCCNC(=O)OC(C)(C)C)CC(=O)c2ccc(-c3ccc(Cl)cc3)cc2)C(=O)C[C@@H](C)C(=O)N1. The van der Waals surface area contributed by atoms with Crippen molar-refractivity contribution in [2.24, 2.45) is 17.6 Å². The van der Waals surface area contributed by atoms with Crippen LogP contribution in [0.5, 0.6) is 11.5 Å². The first-order valence-electron chi connectivity index (χ1n) is 24.0. The zero-order chi connectivity index (χ0) is 52.9. The molecule has 1 aliphatic heterocycles. The van der Waals surface area contributed by atoms with Gasteiger partial charge in [0.15, 0.2) is 11.6 Å². The van der Waals surface area contributed by atoms with Crippen molar-refractivity contribution in [1.82, 2.24) is 15.5 Å². The standard InChI is InChI=1S/C55H67ClN4O12/c1-33-28-45(62)48(60(8)50(64)39(12-10-11-26-58-52(66)71-54(2,3)4)32-44(61)37-16-14-35(15-17-37)36-18-21-40(56)22-19-36)38-20-24-46(69-27-25-57)42(31-38)41-29-34(30-43(51(65)68-9)59-49(33)63)13-23-47(41)70-53(67)72-55(5,6)7/h13-24,29,31,33,39,43,48H,10-12,25-28,30,32,57H2,1-9H3,(H,58,66)(H,59,63)/t33-,39-,43+,48+/m1/s1. The maximum Gasteiger partial charge on any atom is 0.514 e. The van der Waals surface area contributed by atoms with Crippen LogP contribution in [0.4, 0.5) is 9.59 Å². The molecule has 386 valence electrons. The normalized spacial score (nSPS) is 16.5. The Morgan fingerprint density at radius 1 is 0.819 bits per heavy atom. The van der Waals surface area contributed by atoms with Crippen molar-refractivity contribution in [2.75, 3.05) is 33.9 Å². The Balaban J connectivity index is 1.59. The summed E-state index contributed by atoms with van der Waals surface area (Å²) in [6.45, 7) is 12.3. The number of hydrogen-bond donors (Lipinski definition) is 3. The van der Waals surface area contributed by atoms with E-state index in [0.29, 0.717) is 51.4 Å². The molecule has 16 nitrogen and oxygen atoms in total. The number of amides is 3. The van der Waals surface area contributed by atoms with Crippen LogP contribution in [0.3, 0.4) is 0 Å². The molecule has 0 saturated heterocycles. The molecule has 4 atom stereocenters. The lowest BCUT2D eigenvalue weighted by Gasteiger charge is -2.32. The smallest absolute Gasteiger partial charge is 0.492 e. The molecular weight excluding hydrogens is 944 g/mol. The van der Waals surface area contributed by atoms with Gasteiger partial charge in [0.25, 0.3) is 0 Å². The number of nitrogens with one attached hydrogen (secondary N) is 2. The minimum Gasteiger partial charge on any atom is -0.492 e. The molecule has 0 radical (unpaired) electrons. The number of halogens is 1. The first-order chi connectivity index (χ1) is 34.0. The highest BCUT2D eigenvalue weighted by molar-refractivity contribution is 6.30. The van der Waals surface area contributed by atoms with Gasteiger partial charge in [0.2, 0.25) is 11.8 Å². The number of alkyl carbamates (subject to hydrolysis) is 1. The van der Waals surface area contributed by atoms with Crippen LogP contribution in [0.25, 0.3) is 22.3 Å². The fourth-order valence-electron chi connectivity index (χ4n) is 8.18. The highest BCUT2D eigenvalue weighted by atomic mass is 35.5. The first-order valence-corrected chi connectivity index (χ1v) is 24.4. The molecule has 3 amide bonds. The molecule has 0 aliphatic carbocycles. The number of hydrogen-bond acceptors (Lipinski definition) is 13. The lowest BCUT2D eigenvalue weighted by Crippen LogP contribution is -2.46. The molecular formula is C55H67ClN4O12. The minimum atomic E-state index is -1.34. The van der Waals surface area contributed by atoms with Gasteiger partial charge in [-0.3, -0.25) is 19.2 Å². The number of fused-ring (bicyclic) bond motifs is 5. The molecule has 17 heteroatoms. The molecule has 4 bridgehead atoms. The van der Waals surface area contributed by atoms with Crippen LogP contribution in [0, 0.1) is 11.8 Å². The highest BCUT2D eigenvalue weighted by Gasteiger charge is 2.37. The average Bonchev–Trinajstić information content (AvgIpc) is 3.31. The summed E-state index contributed by atoms with van der Waals surface area (Å²) in [6, 6.07) is 21.5. The molecule has 0 unspecified atom stereocenters. The highest BCUT2D eigenvalue weighted by Crippen LogP contribution is 2.41. The number of rotatable bonds is 16. The number of likely N-dealkylation sites (N-methyl/N-ethyl adjacent to an activating group) is 1. The summed E-state index contributed by atoms with van der Waals surface area (Å²) in [5.41, 5.74) is 7.90. The van der Waals surface area contributed by atoms with Crippen LogP contribution in [-0.2, 0) is 39.8 Å². The maximum atomic E-state index is 15.1. The summed E-state index contributed by atoms with van der Waals surface area (Å²) in [5.74, 6) is -4.29. The van der Waals surface area contributed by atoms with Gasteiger partial charge >= 0.3 is 18.2 Å². The topological polar surface area (TPSA) is 219 Å². The first kappa shape index (κ1) is 56.1. The van der Waals surface area contributed by atoms with Crippen molar-refractivity contribution in [2.45, 2.75) is 110 Å². The van der Waals surface area contributed by atoms with Gasteiger partial charge in [-0.25, -0.2) is 14.4 Å². The second-order valence-corrected chi connectivity index (χ2v) is 20.3. The quantitative estimate of drug-likeness (QED) is 0.0314. The van der Waals surface area contributed by atoms with Crippen molar-refractivity contribution >= 4 is 53.2 Å². The van der Waals surface area contributed by atoms with Crippen LogP contribution in [0.1, 0.15) is 108 Å². The van der Waals surface area contributed by atoms with E-state index < -0.39 is 70.9 Å². The van der Waals surface area contributed by atoms with E-state index in [2.05, 4.69) is 10.6 Å². The van der Waals surface area contributed by atoms with Gasteiger partial charge < -0.3 is 45.0 Å². The zero-order valence-corrected chi connectivity index (χ0v) is 43.3. The van der Waals surface area contributed by atoms with E-state index in [-0.39, 0.29) is 56.9 Å². The van der Waals surface area contributed by atoms with E-state index in [1.54, 1.807) is 103 Å². The predicted molar refractivity (Wildman–Crippen MR) is 273 cm³/mol. The minimum absolute atomic E-state index is 0.0374. The Labute approximate surface area is 426 Å². The van der Waals surface area contributed by atoms with Gasteiger partial charge in [-0.2, -0.15) is 0 Å². The molecule has 0 aromatic heterocycles. The van der Waals surface area contributed by atoms with Crippen molar-refractivity contribution in [3.8, 4) is 33.8 Å². The number of methoxy groups -OCH3 is 1. The molecule has 1 aliphatic rings. The number of carbonyl (C=O) groups excluding carboxylic acids is 7. The summed E-state index contributed by atoms with van der Waals surface area (Å²) in [5, 5.41) is 6.07. The molecule has 72 heavy (non-hydrogen) atoms. The summed E-state index contributed by atoms with van der Waals surface area (Å²) < 4.78 is 27.9. The van der Waals surface area contributed by atoms with Crippen molar-refractivity contribution < 1.29 is 57.2 Å². The summed E-state index contributed by atoms with van der Waals surface area (Å²) >= 11 is 6.11. The summed E-state index contributed by atoms with van der Waals surface area (Å²) in [7, 11) is 2.67. The van der Waals surface area contributed by atoms with E-state index in [4.69, 9.17) is 41.0 Å². The van der Waals surface area contributed by atoms with Crippen LogP contribution in [-0.4, -0.2) is 97.6 Å². The molecule has 4 N–H and O–H groups in total. The second-order valence-electron chi connectivity index (χ2n) is 19.8. The van der Waals surface area contributed by atoms with Gasteiger partial charge in [-0.05, 0) is 113 Å². The Morgan fingerprint density at radius 3 is 2.07 bits per heavy atom. The number of Topliss-reactive ketones (excluding diaryl/α,β-unsaturated/α-hetero) is 2. The van der Waals surface area contributed by atoms with Crippen LogP contribution >= 0.6 is 11.6 Å². The summed E-state index contributed by atoms with van der Waals surface area (Å²) in [4.78, 5) is 98.2. The Morgan fingerprint density at radius 2 is 1.44 bits per heavy atom. The van der Waals surface area contributed by atoms with Crippen molar-refractivity contribution in [1.29, 1.82) is 0 Å². The second kappa shape index (κ2) is 25.1. The molecule has 0 fully saturated rings. The Kier molecular flexibility index (Phi) is 19.5. The van der Waals surface area contributed by atoms with E-state index in [0.717, 1.165) is 11.1 Å². The third-order valence-corrected chi connectivity index (χ3v) is 11.9. The molecule has 1 heterocycles. The van der Waals surface area contributed by atoms with E-state index in [1.165, 1.54) is 25.1 Å².